The van der Waals surface area contributed by atoms with Crippen molar-refractivity contribution in [3.8, 4) is 0 Å². The van der Waals surface area contributed by atoms with Crippen LogP contribution in [-0.2, 0) is 9.59 Å². The van der Waals surface area contributed by atoms with Gasteiger partial charge in [0.1, 0.15) is 5.84 Å². The maximum atomic E-state index is 11.5. The highest BCUT2D eigenvalue weighted by atomic mass is 16.4. The fourth-order valence-corrected chi connectivity index (χ4v) is 1.64. The van der Waals surface area contributed by atoms with E-state index in [1.165, 1.54) is 7.05 Å². The molecular weight excluding hydrogens is 212 g/mol. The monoisotopic (exact) mass is 228 g/mol. The van der Waals surface area contributed by atoms with E-state index in [0.29, 0.717) is 6.42 Å². The lowest BCUT2D eigenvalue weighted by Crippen LogP contribution is -2.43. The summed E-state index contributed by atoms with van der Waals surface area (Å²) in [5.74, 6) is -0.347. The molecule has 7 nitrogen and oxygen atoms in total. The Morgan fingerprint density at radius 1 is 1.75 bits per heavy atom. The van der Waals surface area contributed by atoms with Gasteiger partial charge in [-0.3, -0.25) is 14.5 Å². The molecule has 0 bridgehead atoms. The minimum absolute atomic E-state index is 0.0881. The molecule has 16 heavy (non-hydrogen) atoms. The van der Waals surface area contributed by atoms with Gasteiger partial charge in [-0.25, -0.2) is 0 Å². The number of hydrogen-bond donors (Lipinski definition) is 3. The molecule has 0 radical (unpaired) electrons. The van der Waals surface area contributed by atoms with Crippen molar-refractivity contribution in [2.24, 2.45) is 10.9 Å². The van der Waals surface area contributed by atoms with Crippen LogP contribution in [0.1, 0.15) is 19.8 Å². The highest BCUT2D eigenvalue weighted by molar-refractivity contribution is 6.05. The third kappa shape index (κ3) is 2.69. The summed E-state index contributed by atoms with van der Waals surface area (Å²) in [5.41, 5.74) is 5.34. The molecule has 1 saturated heterocycles. The highest BCUT2D eigenvalue weighted by Gasteiger charge is 2.36. The zero-order chi connectivity index (χ0) is 12.3. The van der Waals surface area contributed by atoms with E-state index >= 15 is 0 Å². The van der Waals surface area contributed by atoms with Crippen molar-refractivity contribution in [3.05, 3.63) is 0 Å². The summed E-state index contributed by atoms with van der Waals surface area (Å²) in [4.78, 5) is 23.9. The summed E-state index contributed by atoms with van der Waals surface area (Å²) in [6.07, 6.45) is 0.480. The van der Waals surface area contributed by atoms with Crippen molar-refractivity contribution < 1.29 is 14.8 Å². The number of amides is 2. The zero-order valence-electron chi connectivity index (χ0n) is 9.30. The first kappa shape index (κ1) is 12.4. The molecule has 2 unspecified atom stereocenters. The number of likely N-dealkylation sites (tertiary alicyclic amines) is 1. The average molecular weight is 228 g/mol. The number of oxime groups is 1. The molecule has 4 N–H and O–H groups in total. The third-order valence-corrected chi connectivity index (χ3v) is 2.51. The molecule has 1 heterocycles. The van der Waals surface area contributed by atoms with Crippen molar-refractivity contribution in [1.29, 1.82) is 0 Å². The number of hydrogen-bond acceptors (Lipinski definition) is 5. The summed E-state index contributed by atoms with van der Waals surface area (Å²) in [6.45, 7) is 1.80. The normalized spacial score (nSPS) is 24.0. The number of amidine groups is 1. The Morgan fingerprint density at radius 3 is 2.81 bits per heavy atom. The number of nitrogens with two attached hydrogens (primary N) is 1. The minimum atomic E-state index is -0.501. The molecule has 0 aromatic rings. The molecular formula is C9H16N4O3. The van der Waals surface area contributed by atoms with Gasteiger partial charge in [0.2, 0.25) is 11.8 Å². The van der Waals surface area contributed by atoms with Crippen LogP contribution in [0.5, 0.6) is 0 Å². The fourth-order valence-electron chi connectivity index (χ4n) is 1.64. The van der Waals surface area contributed by atoms with E-state index in [2.05, 4.69) is 10.5 Å². The van der Waals surface area contributed by atoms with Crippen molar-refractivity contribution in [2.45, 2.75) is 31.8 Å². The summed E-state index contributed by atoms with van der Waals surface area (Å²) in [6, 6.07) is -0.636. The summed E-state index contributed by atoms with van der Waals surface area (Å²) >= 11 is 0. The number of nitrogens with zero attached hydrogens (tertiary/aromatic N) is 2. The van der Waals surface area contributed by atoms with Crippen LogP contribution in [0.15, 0.2) is 5.16 Å². The Kier molecular flexibility index (Phi) is 3.83. The van der Waals surface area contributed by atoms with Gasteiger partial charge >= 0.3 is 0 Å². The van der Waals surface area contributed by atoms with Crippen LogP contribution in [-0.4, -0.2) is 46.9 Å². The van der Waals surface area contributed by atoms with E-state index in [-0.39, 0.29) is 30.1 Å². The van der Waals surface area contributed by atoms with Crippen LogP contribution in [0.4, 0.5) is 0 Å². The van der Waals surface area contributed by atoms with Crippen molar-refractivity contribution in [2.75, 3.05) is 7.05 Å². The second kappa shape index (κ2) is 4.93. The number of nitrogens with one attached hydrogen (secondary N) is 1. The van der Waals surface area contributed by atoms with Crippen molar-refractivity contribution in [3.63, 3.8) is 0 Å². The molecule has 0 aromatic heterocycles. The summed E-state index contributed by atoms with van der Waals surface area (Å²) in [7, 11) is 1.46. The summed E-state index contributed by atoms with van der Waals surface area (Å²) < 4.78 is 0. The number of imide groups is 1. The first-order valence-electron chi connectivity index (χ1n) is 4.98. The first-order chi connectivity index (χ1) is 7.45. The zero-order valence-corrected chi connectivity index (χ0v) is 9.30. The highest BCUT2D eigenvalue weighted by Crippen LogP contribution is 2.11. The third-order valence-electron chi connectivity index (χ3n) is 2.51. The van der Waals surface area contributed by atoms with Gasteiger partial charge in [0.05, 0.1) is 12.5 Å². The molecule has 0 saturated carbocycles. The maximum Gasteiger partial charge on any atom is 0.246 e. The molecule has 2 amide bonds. The quantitative estimate of drug-likeness (QED) is 0.185. The van der Waals surface area contributed by atoms with E-state index < -0.39 is 6.04 Å². The lowest BCUT2D eigenvalue weighted by atomic mass is 10.1. The molecule has 1 aliphatic heterocycles. The van der Waals surface area contributed by atoms with Crippen LogP contribution in [0, 0.1) is 0 Å². The van der Waals surface area contributed by atoms with E-state index in [1.807, 2.05) is 0 Å². The lowest BCUT2D eigenvalue weighted by Gasteiger charge is -2.16. The van der Waals surface area contributed by atoms with E-state index in [0.717, 1.165) is 4.90 Å². The van der Waals surface area contributed by atoms with Gasteiger partial charge in [-0.15, -0.1) is 0 Å². The number of carbonyl (C=O) groups is 2. The lowest BCUT2D eigenvalue weighted by molar-refractivity contribution is -0.137. The SMILES string of the molecule is CC(CC(N)=NO)NC1CC(=O)N(C)C1=O. The van der Waals surface area contributed by atoms with Gasteiger partial charge in [0.15, 0.2) is 0 Å². The van der Waals surface area contributed by atoms with Crippen molar-refractivity contribution in [1.82, 2.24) is 10.2 Å². The van der Waals surface area contributed by atoms with Crippen LogP contribution >= 0.6 is 0 Å². The van der Waals surface area contributed by atoms with E-state index in [9.17, 15) is 9.59 Å². The first-order valence-corrected chi connectivity index (χ1v) is 4.98. The molecule has 0 aromatic carbocycles. The molecule has 1 aliphatic rings. The fraction of sp³-hybridized carbons (Fsp3) is 0.667. The second-order valence-electron chi connectivity index (χ2n) is 3.91. The summed E-state index contributed by atoms with van der Waals surface area (Å²) in [5, 5.41) is 14.2. The van der Waals surface area contributed by atoms with Gasteiger partial charge in [0, 0.05) is 19.5 Å². The van der Waals surface area contributed by atoms with Crippen molar-refractivity contribution >= 4 is 17.6 Å². The Hall–Kier alpha value is -1.63. The predicted octanol–water partition coefficient (Wildman–Crippen LogP) is -1.14. The number of carbonyl (C=O) groups excluding carboxylic acids is 2. The van der Waals surface area contributed by atoms with Crippen LogP contribution < -0.4 is 11.1 Å². The molecule has 1 fully saturated rings. The molecule has 1 rings (SSSR count). The van der Waals surface area contributed by atoms with Crippen LogP contribution in [0.2, 0.25) is 0 Å². The molecule has 2 atom stereocenters. The van der Waals surface area contributed by atoms with Crippen LogP contribution in [0.3, 0.4) is 0 Å². The van der Waals surface area contributed by atoms with E-state index in [1.54, 1.807) is 6.92 Å². The minimum Gasteiger partial charge on any atom is -0.409 e. The molecule has 7 heteroatoms. The Morgan fingerprint density at radius 2 is 2.38 bits per heavy atom. The van der Waals surface area contributed by atoms with Gasteiger partial charge in [0.25, 0.3) is 0 Å². The van der Waals surface area contributed by atoms with Gasteiger partial charge in [-0.05, 0) is 6.92 Å². The Labute approximate surface area is 93.3 Å². The molecule has 0 spiro atoms. The number of likely N-dealkylation sites (N-methyl/N-ethyl adjacent to an activating group) is 1. The van der Waals surface area contributed by atoms with Crippen LogP contribution in [0.25, 0.3) is 0 Å². The van der Waals surface area contributed by atoms with Gasteiger partial charge in [-0.2, -0.15) is 0 Å². The Balaban J connectivity index is 2.50. The smallest absolute Gasteiger partial charge is 0.246 e. The standard InChI is InChI=1S/C9H16N4O3/c1-5(3-7(10)12-16)11-6-4-8(14)13(2)9(6)15/h5-6,11,16H,3-4H2,1-2H3,(H2,10,12). The predicted molar refractivity (Wildman–Crippen MR) is 56.8 cm³/mol. The average Bonchev–Trinajstić information content (AvgIpc) is 2.46. The van der Waals surface area contributed by atoms with Gasteiger partial charge < -0.3 is 16.3 Å². The van der Waals surface area contributed by atoms with Gasteiger partial charge in [-0.1, -0.05) is 5.16 Å². The topological polar surface area (TPSA) is 108 Å². The molecule has 0 aliphatic carbocycles. The largest absolute Gasteiger partial charge is 0.409 e. The number of rotatable bonds is 4. The second-order valence-corrected chi connectivity index (χ2v) is 3.91. The maximum absolute atomic E-state index is 11.5. The molecule has 90 valence electrons. The Bertz CT molecular complexity index is 329. The van der Waals surface area contributed by atoms with E-state index in [4.69, 9.17) is 10.9 Å².